The molecule has 4 heterocycles. The Hall–Kier alpha value is -3.84. The van der Waals surface area contributed by atoms with E-state index < -0.39 is 15.9 Å². The molecule has 3 aromatic heterocycles. The number of piperidine rings is 1. The summed E-state index contributed by atoms with van der Waals surface area (Å²) >= 11 is 7.43. The minimum atomic E-state index is -3.66. The van der Waals surface area contributed by atoms with Gasteiger partial charge in [0.1, 0.15) is 5.69 Å². The molecule has 0 bridgehead atoms. The van der Waals surface area contributed by atoms with Crippen molar-refractivity contribution >= 4 is 49.8 Å². The fourth-order valence-electron chi connectivity index (χ4n) is 4.83. The van der Waals surface area contributed by atoms with Gasteiger partial charge in [0.05, 0.1) is 16.3 Å². The maximum absolute atomic E-state index is 13.2. The van der Waals surface area contributed by atoms with Crippen LogP contribution in [0.3, 0.4) is 0 Å². The third-order valence-corrected chi connectivity index (χ3v) is 9.64. The highest BCUT2D eigenvalue weighted by Gasteiger charge is 2.30. The van der Waals surface area contributed by atoms with Gasteiger partial charge in [-0.2, -0.15) is 4.31 Å². The lowest BCUT2D eigenvalue weighted by Gasteiger charge is -2.32. The van der Waals surface area contributed by atoms with Gasteiger partial charge in [0.25, 0.3) is 0 Å². The molecule has 0 spiro atoms. The summed E-state index contributed by atoms with van der Waals surface area (Å²) in [5.74, 6) is -0.132. The largest absolute Gasteiger partial charge is 0.366 e. The second-order valence-electron chi connectivity index (χ2n) is 9.38. The smallest absolute Gasteiger partial charge is 0.248 e. The summed E-state index contributed by atoms with van der Waals surface area (Å²) in [5, 5.41) is 5.75. The number of carbonyl (C=O) groups is 1. The summed E-state index contributed by atoms with van der Waals surface area (Å²) in [6.07, 6.45) is 5.04. The molecule has 0 unspecified atom stereocenters. The van der Waals surface area contributed by atoms with Gasteiger partial charge in [0, 0.05) is 53.1 Å². The van der Waals surface area contributed by atoms with Crippen molar-refractivity contribution in [3.8, 4) is 22.6 Å². The van der Waals surface area contributed by atoms with Gasteiger partial charge >= 0.3 is 0 Å². The number of rotatable bonds is 7. The summed E-state index contributed by atoms with van der Waals surface area (Å²) in [6, 6.07) is 14.8. The number of hydrogen-bond acceptors (Lipinski definition) is 8. The molecule has 1 aliphatic heterocycles. The highest BCUT2D eigenvalue weighted by Crippen LogP contribution is 2.34. The first-order valence-corrected chi connectivity index (χ1v) is 15.2. The molecule has 1 aliphatic rings. The Kier molecular flexibility index (Phi) is 7.00. The van der Waals surface area contributed by atoms with Crippen molar-refractivity contribution in [2.45, 2.75) is 23.8 Å². The number of benzene rings is 2. The molecule has 2 aromatic carbocycles. The average molecular weight is 594 g/mol. The van der Waals surface area contributed by atoms with Crippen molar-refractivity contribution in [3.05, 3.63) is 83.0 Å². The van der Waals surface area contributed by atoms with Gasteiger partial charge in [0.15, 0.2) is 4.96 Å². The lowest BCUT2D eigenvalue weighted by atomic mass is 10.0. The van der Waals surface area contributed by atoms with Gasteiger partial charge in [-0.25, -0.2) is 23.4 Å². The van der Waals surface area contributed by atoms with Crippen LogP contribution in [0.15, 0.2) is 77.3 Å². The summed E-state index contributed by atoms with van der Waals surface area (Å²) in [7, 11) is -3.66. The van der Waals surface area contributed by atoms with E-state index >= 15 is 0 Å². The van der Waals surface area contributed by atoms with Crippen molar-refractivity contribution in [3.63, 3.8) is 0 Å². The van der Waals surface area contributed by atoms with Gasteiger partial charge in [-0.05, 0) is 55.3 Å². The second kappa shape index (κ2) is 10.6. The molecule has 0 radical (unpaired) electrons. The lowest BCUT2D eigenvalue weighted by Crippen LogP contribution is -2.45. The summed E-state index contributed by atoms with van der Waals surface area (Å²) in [6.45, 7) is 0.717. The number of nitrogens with two attached hydrogens (primary N) is 1. The number of hydrogen-bond donors (Lipinski definition) is 2. The van der Waals surface area contributed by atoms with E-state index in [2.05, 4.69) is 10.3 Å². The number of thiazole rings is 1. The standard InChI is InChI=1S/C27H24ClN7O3S2/c28-19-6-8-21(9-7-19)40(37,38)34-12-2-5-20(16-34)31-26-30-11-10-22(32-26)24-23(33-27-35(24)13-14-39-27)17-3-1-4-18(15-17)25(29)36/h1,3-4,6-11,13-15,20H,2,5,12,16H2,(H2,29,36)(H,30,31,32)/t20-/m1/s1. The van der Waals surface area contributed by atoms with Gasteiger partial charge in [0.2, 0.25) is 21.9 Å². The third kappa shape index (κ3) is 5.06. The molecule has 0 saturated carbocycles. The van der Waals surface area contributed by atoms with Crippen LogP contribution in [0.4, 0.5) is 5.95 Å². The zero-order valence-electron chi connectivity index (χ0n) is 21.1. The molecule has 5 aromatic rings. The average Bonchev–Trinajstić information content (AvgIpc) is 3.55. The molecule has 1 amide bonds. The van der Waals surface area contributed by atoms with Crippen LogP contribution in [0.5, 0.6) is 0 Å². The number of carbonyl (C=O) groups excluding carboxylic acids is 1. The van der Waals surface area contributed by atoms with Crippen LogP contribution in [0, 0.1) is 0 Å². The predicted molar refractivity (Wildman–Crippen MR) is 155 cm³/mol. The van der Waals surface area contributed by atoms with E-state index in [1.54, 1.807) is 42.6 Å². The third-order valence-electron chi connectivity index (χ3n) is 6.75. The van der Waals surface area contributed by atoms with Gasteiger partial charge in [-0.3, -0.25) is 9.20 Å². The molecule has 6 rings (SSSR count). The lowest BCUT2D eigenvalue weighted by molar-refractivity contribution is 0.100. The minimum Gasteiger partial charge on any atom is -0.366 e. The Labute approximate surface area is 239 Å². The normalized spacial score (nSPS) is 16.3. The summed E-state index contributed by atoms with van der Waals surface area (Å²) < 4.78 is 29.9. The van der Waals surface area contributed by atoms with Gasteiger partial charge in [-0.15, -0.1) is 11.3 Å². The zero-order chi connectivity index (χ0) is 27.9. The van der Waals surface area contributed by atoms with Crippen LogP contribution in [0.2, 0.25) is 5.02 Å². The van der Waals surface area contributed by atoms with E-state index in [4.69, 9.17) is 27.3 Å². The number of aromatic nitrogens is 4. The Balaban J connectivity index is 1.29. The SMILES string of the molecule is NC(=O)c1cccc(-c2nc3sccn3c2-c2ccnc(N[C@@H]3CCCN(S(=O)(=O)c4ccc(Cl)cc4)C3)n2)c1. The Bertz CT molecular complexity index is 1820. The number of sulfonamides is 1. The maximum Gasteiger partial charge on any atom is 0.248 e. The monoisotopic (exact) mass is 593 g/mol. The first kappa shape index (κ1) is 26.4. The Morgan fingerprint density at radius 1 is 1.12 bits per heavy atom. The number of imidazole rings is 1. The molecular formula is C27H24ClN7O3S2. The molecule has 1 saturated heterocycles. The number of amides is 1. The van der Waals surface area contributed by atoms with Crippen LogP contribution in [0.25, 0.3) is 27.6 Å². The second-order valence-corrected chi connectivity index (χ2v) is 12.6. The van der Waals surface area contributed by atoms with Crippen molar-refractivity contribution < 1.29 is 13.2 Å². The Morgan fingerprint density at radius 3 is 2.75 bits per heavy atom. The highest BCUT2D eigenvalue weighted by molar-refractivity contribution is 7.89. The summed E-state index contributed by atoms with van der Waals surface area (Å²) in [4.78, 5) is 26.8. The van der Waals surface area contributed by atoms with Crippen LogP contribution in [-0.2, 0) is 10.0 Å². The number of nitrogens with one attached hydrogen (secondary N) is 1. The van der Waals surface area contributed by atoms with Gasteiger partial charge < -0.3 is 11.1 Å². The maximum atomic E-state index is 13.2. The van der Waals surface area contributed by atoms with E-state index in [0.717, 1.165) is 22.6 Å². The molecule has 0 aliphatic carbocycles. The van der Waals surface area contributed by atoms with Crippen LogP contribution >= 0.6 is 22.9 Å². The summed E-state index contributed by atoms with van der Waals surface area (Å²) in [5.41, 5.74) is 8.68. The molecular weight excluding hydrogens is 570 g/mol. The highest BCUT2D eigenvalue weighted by atomic mass is 35.5. The first-order chi connectivity index (χ1) is 19.3. The molecule has 1 atom stereocenters. The van der Waals surface area contributed by atoms with E-state index in [9.17, 15) is 13.2 Å². The van der Waals surface area contributed by atoms with Crippen LogP contribution < -0.4 is 11.1 Å². The van der Waals surface area contributed by atoms with Crippen molar-refractivity contribution in [2.24, 2.45) is 5.73 Å². The number of primary amides is 1. The number of anilines is 1. The van der Waals surface area contributed by atoms with E-state index in [0.29, 0.717) is 40.9 Å². The van der Waals surface area contributed by atoms with Crippen molar-refractivity contribution in [1.82, 2.24) is 23.7 Å². The van der Waals surface area contributed by atoms with Crippen molar-refractivity contribution in [1.29, 1.82) is 0 Å². The van der Waals surface area contributed by atoms with Crippen LogP contribution in [-0.4, -0.2) is 57.1 Å². The van der Waals surface area contributed by atoms with Gasteiger partial charge in [-0.1, -0.05) is 23.7 Å². The fourth-order valence-corrected chi connectivity index (χ4v) is 7.19. The van der Waals surface area contributed by atoms with E-state index in [1.165, 1.54) is 27.8 Å². The molecule has 13 heteroatoms. The predicted octanol–water partition coefficient (Wildman–Crippen LogP) is 4.54. The molecule has 10 nitrogen and oxygen atoms in total. The van der Waals surface area contributed by atoms with E-state index in [1.807, 2.05) is 22.0 Å². The number of fused-ring (bicyclic) bond motifs is 1. The topological polar surface area (TPSA) is 136 Å². The molecule has 3 N–H and O–H groups in total. The van der Waals surface area contributed by atoms with Crippen LogP contribution in [0.1, 0.15) is 23.2 Å². The first-order valence-electron chi connectivity index (χ1n) is 12.5. The zero-order valence-corrected chi connectivity index (χ0v) is 23.5. The molecule has 1 fully saturated rings. The minimum absolute atomic E-state index is 0.176. The fraction of sp³-hybridized carbons (Fsp3) is 0.185. The molecule has 204 valence electrons. The quantitative estimate of drug-likeness (QED) is 0.283. The number of nitrogens with zero attached hydrogens (tertiary/aromatic N) is 5. The van der Waals surface area contributed by atoms with E-state index in [-0.39, 0.29) is 17.5 Å². The number of halogens is 1. The molecule has 40 heavy (non-hydrogen) atoms. The Morgan fingerprint density at radius 2 is 1.95 bits per heavy atom. The van der Waals surface area contributed by atoms with Crippen molar-refractivity contribution in [2.75, 3.05) is 18.4 Å².